The van der Waals surface area contributed by atoms with Crippen LogP contribution in [0.3, 0.4) is 0 Å². The zero-order valence-electron chi connectivity index (χ0n) is 34.6. The van der Waals surface area contributed by atoms with Crippen molar-refractivity contribution in [1.29, 1.82) is 0 Å². The highest BCUT2D eigenvalue weighted by atomic mass is 32.2. The fraction of sp³-hybridized carbons (Fsp3) is 0.0167. The molecule has 0 bridgehead atoms. The summed E-state index contributed by atoms with van der Waals surface area (Å²) < 4.78 is 0. The van der Waals surface area contributed by atoms with Gasteiger partial charge in [-0.2, -0.15) is 0 Å². The molecule has 0 fully saturated rings. The predicted octanol–water partition coefficient (Wildman–Crippen LogP) is 15.3. The van der Waals surface area contributed by atoms with Crippen molar-refractivity contribution in [2.75, 3.05) is 0 Å². The highest BCUT2D eigenvalue weighted by Gasteiger charge is 2.50. The predicted molar refractivity (Wildman–Crippen MR) is 263 cm³/mol. The number of benzene rings is 9. The molecule has 2 aliphatic rings. The van der Waals surface area contributed by atoms with Crippen LogP contribution in [0, 0.1) is 0 Å². The lowest BCUT2D eigenvalue weighted by Gasteiger charge is -2.39. The summed E-state index contributed by atoms with van der Waals surface area (Å²) in [6.45, 7) is 0. The normalized spacial score (nSPS) is 13.1. The summed E-state index contributed by atoms with van der Waals surface area (Å²) in [4.78, 5) is 18.6. The summed E-state index contributed by atoms with van der Waals surface area (Å²) in [5, 5.41) is 3.42. The van der Waals surface area contributed by atoms with Crippen molar-refractivity contribution in [3.05, 3.63) is 247 Å². The zero-order valence-corrected chi connectivity index (χ0v) is 35.4. The first kappa shape index (κ1) is 36.7. The van der Waals surface area contributed by atoms with Gasteiger partial charge in [0.2, 0.25) is 0 Å². The summed E-state index contributed by atoms with van der Waals surface area (Å²) in [5.41, 5.74) is 17.3. The molecule has 64 heavy (non-hydrogen) atoms. The average Bonchev–Trinajstić information content (AvgIpc) is 3.65. The highest BCUT2D eigenvalue weighted by molar-refractivity contribution is 7.99. The molecule has 0 amide bonds. The number of aromatic nitrogens is 3. The van der Waals surface area contributed by atoms with Crippen molar-refractivity contribution in [3.8, 4) is 67.4 Å². The van der Waals surface area contributed by atoms with Crippen LogP contribution in [0.4, 0.5) is 0 Å². The van der Waals surface area contributed by atoms with Gasteiger partial charge in [0.05, 0.1) is 28.0 Å². The van der Waals surface area contributed by atoms with Crippen molar-refractivity contribution in [3.63, 3.8) is 0 Å². The quantitative estimate of drug-likeness (QED) is 0.162. The van der Waals surface area contributed by atoms with Crippen LogP contribution < -0.4 is 0 Å². The first-order valence-electron chi connectivity index (χ1n) is 21.8. The Morgan fingerprint density at radius 3 is 1.58 bits per heavy atom. The summed E-state index contributed by atoms with van der Waals surface area (Å²) >= 11 is 1.88. The SMILES string of the molecule is c1ccc(-c2cccc(-c3cc(-c4ccc5c(c4)nc(-c4ccccc4)c4cc6c(cc45)C4(c5ccccc5Sc5ccccc54)c4ccccc4-6)nc(-c4ccccc4)n3)c2)cc1. The fourth-order valence-corrected chi connectivity index (χ4v) is 11.5. The molecule has 2 aromatic heterocycles. The molecule has 1 spiro atoms. The molecule has 298 valence electrons. The molecule has 0 radical (unpaired) electrons. The summed E-state index contributed by atoms with van der Waals surface area (Å²) in [5.74, 6) is 0.682. The smallest absolute Gasteiger partial charge is 0.160 e. The van der Waals surface area contributed by atoms with Crippen molar-refractivity contribution in [2.45, 2.75) is 15.2 Å². The summed E-state index contributed by atoms with van der Waals surface area (Å²) in [6.07, 6.45) is 0. The van der Waals surface area contributed by atoms with Gasteiger partial charge in [-0.1, -0.05) is 194 Å². The Kier molecular flexibility index (Phi) is 8.37. The number of nitrogens with zero attached hydrogens (tertiary/aromatic N) is 3. The molecule has 3 nitrogen and oxygen atoms in total. The monoisotopic (exact) mass is 831 g/mol. The first-order chi connectivity index (χ1) is 31.7. The summed E-state index contributed by atoms with van der Waals surface area (Å²) in [7, 11) is 0. The van der Waals surface area contributed by atoms with Gasteiger partial charge in [0.15, 0.2) is 5.82 Å². The van der Waals surface area contributed by atoms with E-state index in [0.29, 0.717) is 5.82 Å². The molecule has 0 unspecified atom stereocenters. The molecule has 0 N–H and O–H groups in total. The van der Waals surface area contributed by atoms with E-state index in [1.54, 1.807) is 0 Å². The van der Waals surface area contributed by atoms with Gasteiger partial charge in [-0.05, 0) is 92.4 Å². The third-order valence-corrected chi connectivity index (χ3v) is 14.3. The largest absolute Gasteiger partial charge is 0.247 e. The van der Waals surface area contributed by atoms with E-state index in [9.17, 15) is 0 Å². The van der Waals surface area contributed by atoms with Crippen LogP contribution in [0.5, 0.6) is 0 Å². The van der Waals surface area contributed by atoms with Crippen LogP contribution in [-0.2, 0) is 5.41 Å². The lowest BCUT2D eigenvalue weighted by Crippen LogP contribution is -2.31. The van der Waals surface area contributed by atoms with Crippen LogP contribution in [0.15, 0.2) is 234 Å². The number of fused-ring (bicyclic) bond motifs is 12. The standard InChI is InChI=1S/C60H37N3S/c1-4-17-38(18-5-1)41-23-16-24-42(33-41)53-37-54(63-59(62-53)40-21-8-3-9-22-40)43-31-32-45-46-36-52-47(35-48(46)58(61-55(45)34-43)39-19-6-2-7-20-39)44-25-10-11-26-49(44)60(52)50-27-12-14-29-56(50)64-57-30-15-13-28-51(57)60/h1-37H. The van der Waals surface area contributed by atoms with E-state index in [0.717, 1.165) is 61.2 Å². The van der Waals surface area contributed by atoms with Gasteiger partial charge in [-0.3, -0.25) is 0 Å². The van der Waals surface area contributed by atoms with E-state index in [4.69, 9.17) is 15.0 Å². The zero-order chi connectivity index (χ0) is 42.2. The number of rotatable bonds is 5. The molecule has 3 heterocycles. The Balaban J connectivity index is 1.06. The topological polar surface area (TPSA) is 38.7 Å². The minimum absolute atomic E-state index is 0.482. The molecule has 9 aromatic carbocycles. The second-order valence-electron chi connectivity index (χ2n) is 16.7. The molecule has 11 aromatic rings. The molecule has 0 saturated carbocycles. The van der Waals surface area contributed by atoms with Gasteiger partial charge >= 0.3 is 0 Å². The number of hydrogen-bond acceptors (Lipinski definition) is 4. The first-order valence-corrected chi connectivity index (χ1v) is 22.6. The maximum Gasteiger partial charge on any atom is 0.160 e. The third-order valence-electron chi connectivity index (χ3n) is 13.1. The molecule has 0 saturated heterocycles. The molecular weight excluding hydrogens is 795 g/mol. The Morgan fingerprint density at radius 1 is 0.312 bits per heavy atom. The molecule has 13 rings (SSSR count). The third kappa shape index (κ3) is 5.66. The van der Waals surface area contributed by atoms with Gasteiger partial charge in [0.25, 0.3) is 0 Å². The molecule has 1 aliphatic heterocycles. The second-order valence-corrected chi connectivity index (χ2v) is 17.8. The van der Waals surface area contributed by atoms with Crippen molar-refractivity contribution in [2.24, 2.45) is 0 Å². The Labute approximate surface area is 375 Å². The maximum atomic E-state index is 5.58. The van der Waals surface area contributed by atoms with E-state index in [-0.39, 0.29) is 0 Å². The van der Waals surface area contributed by atoms with E-state index in [2.05, 4.69) is 206 Å². The second kappa shape index (κ2) is 14.6. The minimum atomic E-state index is -0.482. The Hall–Kier alpha value is -7.92. The van der Waals surface area contributed by atoms with Gasteiger partial charge in [-0.25, -0.2) is 15.0 Å². The average molecular weight is 832 g/mol. The molecular formula is C60H37N3S. The van der Waals surface area contributed by atoms with Crippen molar-refractivity contribution < 1.29 is 0 Å². The fourth-order valence-electron chi connectivity index (χ4n) is 10.3. The van der Waals surface area contributed by atoms with Crippen LogP contribution in [0.1, 0.15) is 22.3 Å². The molecule has 1 aliphatic carbocycles. The van der Waals surface area contributed by atoms with Gasteiger partial charge in [0.1, 0.15) is 0 Å². The van der Waals surface area contributed by atoms with E-state index in [1.165, 1.54) is 54.1 Å². The Morgan fingerprint density at radius 2 is 0.875 bits per heavy atom. The van der Waals surface area contributed by atoms with E-state index < -0.39 is 5.41 Å². The maximum absolute atomic E-state index is 5.58. The number of hydrogen-bond donors (Lipinski definition) is 0. The number of pyridine rings is 1. The minimum Gasteiger partial charge on any atom is -0.247 e. The van der Waals surface area contributed by atoms with Gasteiger partial charge in [0, 0.05) is 42.8 Å². The van der Waals surface area contributed by atoms with Gasteiger partial charge < -0.3 is 0 Å². The van der Waals surface area contributed by atoms with Crippen LogP contribution in [-0.4, -0.2) is 15.0 Å². The summed E-state index contributed by atoms with van der Waals surface area (Å²) in [6, 6.07) is 80.9. The lowest BCUT2D eigenvalue weighted by molar-refractivity contribution is 0.723. The van der Waals surface area contributed by atoms with Crippen LogP contribution in [0.25, 0.3) is 89.1 Å². The van der Waals surface area contributed by atoms with Crippen molar-refractivity contribution >= 4 is 33.4 Å². The van der Waals surface area contributed by atoms with E-state index >= 15 is 0 Å². The van der Waals surface area contributed by atoms with E-state index in [1.807, 2.05) is 30.0 Å². The van der Waals surface area contributed by atoms with Gasteiger partial charge in [-0.15, -0.1) is 0 Å². The lowest BCUT2D eigenvalue weighted by atomic mass is 9.67. The van der Waals surface area contributed by atoms with Crippen LogP contribution in [0.2, 0.25) is 0 Å². The molecule has 0 atom stereocenters. The Bertz CT molecular complexity index is 3590. The molecule has 4 heteroatoms. The highest BCUT2D eigenvalue weighted by Crippen LogP contribution is 2.63. The van der Waals surface area contributed by atoms with Crippen molar-refractivity contribution in [1.82, 2.24) is 15.0 Å². The van der Waals surface area contributed by atoms with Crippen LogP contribution >= 0.6 is 11.8 Å².